The number of likely N-dealkylation sites (tertiary alicyclic amines) is 1. The molecule has 0 radical (unpaired) electrons. The summed E-state index contributed by atoms with van der Waals surface area (Å²) in [5.74, 6) is 0.231. The summed E-state index contributed by atoms with van der Waals surface area (Å²) in [5.41, 5.74) is -0.557. The molecule has 0 atom stereocenters. The zero-order valence-corrected chi connectivity index (χ0v) is 17.5. The molecular weight excluding hydrogens is 366 g/mol. The van der Waals surface area contributed by atoms with Gasteiger partial charge in [-0.15, -0.1) is 0 Å². The molecule has 28 heavy (non-hydrogen) atoms. The number of alkyl carbamates (subject to hydrolysis) is 1. The van der Waals surface area contributed by atoms with Gasteiger partial charge in [0, 0.05) is 39.7 Å². The molecule has 1 fully saturated rings. The highest BCUT2D eigenvalue weighted by molar-refractivity contribution is 5.78. The van der Waals surface area contributed by atoms with Crippen LogP contribution in [0.15, 0.2) is 0 Å². The molecule has 0 aromatic carbocycles. The van der Waals surface area contributed by atoms with Crippen LogP contribution in [-0.2, 0) is 23.8 Å². The number of nitrogens with zero attached hydrogens (tertiary/aromatic N) is 1. The number of carbonyl (C=O) groups is 3. The number of nitrogens with one attached hydrogen (secondary N) is 2. The average molecular weight is 402 g/mol. The van der Waals surface area contributed by atoms with Crippen LogP contribution in [0, 0.1) is 5.92 Å². The molecule has 1 heterocycles. The molecule has 1 aliphatic rings. The molecule has 9 nitrogen and oxygen atoms in total. The largest absolute Gasteiger partial charge is 0.444 e. The first-order valence-electron chi connectivity index (χ1n) is 9.79. The fourth-order valence-electron chi connectivity index (χ4n) is 2.72. The van der Waals surface area contributed by atoms with E-state index in [1.54, 1.807) is 32.8 Å². The number of ether oxygens (including phenoxy) is 3. The molecule has 9 heteroatoms. The molecule has 0 aliphatic carbocycles. The first-order valence-corrected chi connectivity index (χ1v) is 9.79. The zero-order valence-electron chi connectivity index (χ0n) is 17.5. The average Bonchev–Trinajstić information content (AvgIpc) is 2.62. The van der Waals surface area contributed by atoms with Crippen LogP contribution in [0.4, 0.5) is 4.79 Å². The van der Waals surface area contributed by atoms with Gasteiger partial charge in [0.2, 0.25) is 11.8 Å². The topological polar surface area (TPSA) is 106 Å². The number of carbonyl (C=O) groups excluding carboxylic acids is 3. The van der Waals surface area contributed by atoms with Crippen molar-refractivity contribution in [1.29, 1.82) is 0 Å². The van der Waals surface area contributed by atoms with Gasteiger partial charge in [-0.1, -0.05) is 0 Å². The summed E-state index contributed by atoms with van der Waals surface area (Å²) in [6, 6.07) is 0. The van der Waals surface area contributed by atoms with E-state index in [1.165, 1.54) is 0 Å². The van der Waals surface area contributed by atoms with Crippen LogP contribution in [0.5, 0.6) is 0 Å². The van der Waals surface area contributed by atoms with Crippen molar-refractivity contribution in [2.75, 3.05) is 53.1 Å². The smallest absolute Gasteiger partial charge is 0.407 e. The Morgan fingerprint density at radius 3 is 2.36 bits per heavy atom. The van der Waals surface area contributed by atoms with Crippen molar-refractivity contribution >= 4 is 17.9 Å². The Hall–Kier alpha value is -1.87. The Morgan fingerprint density at radius 1 is 1.07 bits per heavy atom. The Balaban J connectivity index is 2.11. The highest BCUT2D eigenvalue weighted by atomic mass is 16.6. The van der Waals surface area contributed by atoms with Crippen LogP contribution in [0.3, 0.4) is 0 Å². The lowest BCUT2D eigenvalue weighted by atomic mass is 9.96. The Labute approximate surface area is 167 Å². The lowest BCUT2D eigenvalue weighted by molar-refractivity contribution is -0.138. The summed E-state index contributed by atoms with van der Waals surface area (Å²) in [6.07, 6.45) is 1.37. The molecule has 1 saturated heterocycles. The lowest BCUT2D eigenvalue weighted by Crippen LogP contribution is -2.43. The van der Waals surface area contributed by atoms with Gasteiger partial charge in [0.05, 0.1) is 13.2 Å². The van der Waals surface area contributed by atoms with E-state index in [-0.39, 0.29) is 31.4 Å². The van der Waals surface area contributed by atoms with E-state index in [0.717, 1.165) is 12.8 Å². The maximum Gasteiger partial charge on any atom is 0.407 e. The molecule has 0 saturated carbocycles. The summed E-state index contributed by atoms with van der Waals surface area (Å²) in [7, 11) is 1.59. The summed E-state index contributed by atoms with van der Waals surface area (Å²) < 4.78 is 15.2. The summed E-state index contributed by atoms with van der Waals surface area (Å²) in [6.45, 7) is 8.48. The summed E-state index contributed by atoms with van der Waals surface area (Å²) in [5, 5.41) is 5.46. The Bertz CT molecular complexity index is 498. The Kier molecular flexibility index (Phi) is 10.8. The molecule has 1 aliphatic heterocycles. The fraction of sp³-hybridized carbons (Fsp3) is 0.842. The van der Waals surface area contributed by atoms with E-state index < -0.39 is 11.7 Å². The monoisotopic (exact) mass is 401 g/mol. The molecule has 0 bridgehead atoms. The van der Waals surface area contributed by atoms with Crippen LogP contribution in [0.2, 0.25) is 0 Å². The maximum atomic E-state index is 12.0. The third kappa shape index (κ3) is 11.1. The first-order chi connectivity index (χ1) is 13.2. The van der Waals surface area contributed by atoms with Gasteiger partial charge < -0.3 is 29.7 Å². The van der Waals surface area contributed by atoms with Crippen LogP contribution < -0.4 is 10.6 Å². The van der Waals surface area contributed by atoms with Gasteiger partial charge in [-0.3, -0.25) is 9.59 Å². The number of piperidine rings is 1. The predicted molar refractivity (Wildman–Crippen MR) is 104 cm³/mol. The van der Waals surface area contributed by atoms with Gasteiger partial charge in [0.25, 0.3) is 0 Å². The minimum Gasteiger partial charge on any atom is -0.444 e. The van der Waals surface area contributed by atoms with Crippen molar-refractivity contribution in [3.8, 4) is 0 Å². The molecule has 3 amide bonds. The van der Waals surface area contributed by atoms with Crippen molar-refractivity contribution < 1.29 is 28.6 Å². The number of amides is 3. The Morgan fingerprint density at radius 2 is 1.75 bits per heavy atom. The highest BCUT2D eigenvalue weighted by Gasteiger charge is 2.23. The van der Waals surface area contributed by atoms with Gasteiger partial charge >= 0.3 is 6.09 Å². The van der Waals surface area contributed by atoms with E-state index in [2.05, 4.69) is 10.6 Å². The molecule has 1 rings (SSSR count). The number of rotatable bonds is 10. The molecular formula is C19H35N3O6. The van der Waals surface area contributed by atoms with Gasteiger partial charge in [-0.2, -0.15) is 0 Å². The van der Waals surface area contributed by atoms with Crippen LogP contribution >= 0.6 is 0 Å². The van der Waals surface area contributed by atoms with Gasteiger partial charge in [-0.05, 0) is 39.5 Å². The molecule has 2 N–H and O–H groups in total. The zero-order chi connectivity index (χ0) is 21.0. The van der Waals surface area contributed by atoms with E-state index >= 15 is 0 Å². The quantitative estimate of drug-likeness (QED) is 0.527. The van der Waals surface area contributed by atoms with Crippen LogP contribution in [0.25, 0.3) is 0 Å². The third-order valence-corrected chi connectivity index (χ3v) is 4.23. The van der Waals surface area contributed by atoms with E-state index in [4.69, 9.17) is 14.2 Å². The van der Waals surface area contributed by atoms with E-state index in [1.807, 2.05) is 0 Å². The highest BCUT2D eigenvalue weighted by Crippen LogP contribution is 2.16. The number of methoxy groups -OCH3 is 1. The van der Waals surface area contributed by atoms with E-state index in [9.17, 15) is 14.4 Å². The number of hydrogen-bond donors (Lipinski definition) is 2. The second kappa shape index (κ2) is 12.6. The van der Waals surface area contributed by atoms with Crippen molar-refractivity contribution in [2.45, 2.75) is 45.6 Å². The second-order valence-electron chi connectivity index (χ2n) is 7.85. The van der Waals surface area contributed by atoms with Crippen molar-refractivity contribution in [2.24, 2.45) is 5.92 Å². The lowest BCUT2D eigenvalue weighted by Gasteiger charge is -2.32. The van der Waals surface area contributed by atoms with Crippen LogP contribution in [-0.4, -0.2) is 81.5 Å². The minimum atomic E-state index is -0.557. The number of hydrogen-bond acceptors (Lipinski definition) is 6. The van der Waals surface area contributed by atoms with Gasteiger partial charge in [-0.25, -0.2) is 4.79 Å². The van der Waals surface area contributed by atoms with Crippen molar-refractivity contribution in [3.63, 3.8) is 0 Å². The maximum absolute atomic E-state index is 12.0. The fourth-order valence-corrected chi connectivity index (χ4v) is 2.72. The SMILES string of the molecule is COCCOCC(=O)N1CCC(CNC(=O)CCNC(=O)OC(C)(C)C)CC1. The predicted octanol–water partition coefficient (Wildman–Crippen LogP) is 0.919. The minimum absolute atomic E-state index is 0.00759. The molecule has 0 aromatic heterocycles. The van der Waals surface area contributed by atoms with Crippen molar-refractivity contribution in [3.05, 3.63) is 0 Å². The normalized spacial score (nSPS) is 15.2. The van der Waals surface area contributed by atoms with Crippen LogP contribution in [0.1, 0.15) is 40.0 Å². The third-order valence-electron chi connectivity index (χ3n) is 4.23. The summed E-state index contributed by atoms with van der Waals surface area (Å²) >= 11 is 0. The summed E-state index contributed by atoms with van der Waals surface area (Å²) in [4.78, 5) is 37.3. The molecule has 0 unspecified atom stereocenters. The van der Waals surface area contributed by atoms with E-state index in [0.29, 0.717) is 38.8 Å². The van der Waals surface area contributed by atoms with Gasteiger partial charge in [0.15, 0.2) is 0 Å². The molecule has 0 spiro atoms. The molecule has 0 aromatic rings. The standard InChI is InChI=1S/C19H35N3O6/c1-19(2,3)28-18(25)20-8-5-16(23)21-13-15-6-9-22(10-7-15)17(24)14-27-12-11-26-4/h15H,5-14H2,1-4H3,(H,20,25)(H,21,23). The second-order valence-corrected chi connectivity index (χ2v) is 7.85. The molecule has 162 valence electrons. The van der Waals surface area contributed by atoms with Gasteiger partial charge in [0.1, 0.15) is 12.2 Å². The first kappa shape index (κ1) is 24.2. The van der Waals surface area contributed by atoms with Crippen molar-refractivity contribution in [1.82, 2.24) is 15.5 Å².